The van der Waals surface area contributed by atoms with Gasteiger partial charge in [-0.2, -0.15) is 0 Å². The zero-order valence-corrected chi connectivity index (χ0v) is 23.2. The molecule has 1 atom stereocenters. The maximum absolute atomic E-state index is 13.3. The van der Waals surface area contributed by atoms with E-state index in [2.05, 4.69) is 27.1 Å². The number of nitrogens with zero attached hydrogens (tertiary/aromatic N) is 3. The largest absolute Gasteiger partial charge is 0.494 e. The van der Waals surface area contributed by atoms with Crippen LogP contribution >= 0.6 is 0 Å². The third-order valence-corrected chi connectivity index (χ3v) is 7.77. The van der Waals surface area contributed by atoms with Crippen LogP contribution in [-0.4, -0.2) is 74.2 Å². The molecule has 0 radical (unpaired) electrons. The van der Waals surface area contributed by atoms with Crippen LogP contribution in [0.4, 0.5) is 11.5 Å². The second-order valence-corrected chi connectivity index (χ2v) is 10.4. The van der Waals surface area contributed by atoms with Crippen LogP contribution in [0.2, 0.25) is 0 Å². The molecule has 40 heavy (non-hydrogen) atoms. The first-order valence-electron chi connectivity index (χ1n) is 13.9. The number of ether oxygens (including phenoxy) is 2. The summed E-state index contributed by atoms with van der Waals surface area (Å²) < 4.78 is 11.5. The van der Waals surface area contributed by atoms with Crippen molar-refractivity contribution in [2.75, 3.05) is 56.7 Å². The predicted molar refractivity (Wildman–Crippen MR) is 156 cm³/mol. The summed E-state index contributed by atoms with van der Waals surface area (Å²) in [5, 5.41) is 3.05. The number of rotatable bonds is 9. The number of benzene rings is 2. The molecule has 210 valence electrons. The Bertz CT molecular complexity index is 1370. The molecule has 9 nitrogen and oxygen atoms in total. The van der Waals surface area contributed by atoms with Gasteiger partial charge in [0.1, 0.15) is 11.6 Å². The van der Waals surface area contributed by atoms with Crippen LogP contribution < -0.4 is 20.7 Å². The van der Waals surface area contributed by atoms with Gasteiger partial charge in [0.15, 0.2) is 0 Å². The predicted octanol–water partition coefficient (Wildman–Crippen LogP) is 4.11. The highest BCUT2D eigenvalue weighted by atomic mass is 16.5. The summed E-state index contributed by atoms with van der Waals surface area (Å²) in [5.41, 5.74) is 9.59. The molecule has 3 N–H and O–H groups in total. The van der Waals surface area contributed by atoms with E-state index in [9.17, 15) is 9.59 Å². The second kappa shape index (κ2) is 12.5. The molecule has 0 spiro atoms. The molecule has 2 aliphatic heterocycles. The molecule has 1 aromatic heterocycles. The van der Waals surface area contributed by atoms with Gasteiger partial charge in [-0.3, -0.25) is 9.59 Å². The topological polar surface area (TPSA) is 110 Å². The Morgan fingerprint density at radius 3 is 2.70 bits per heavy atom. The molecule has 0 aliphatic carbocycles. The Balaban J connectivity index is 1.35. The van der Waals surface area contributed by atoms with E-state index in [0.29, 0.717) is 72.9 Å². The smallest absolute Gasteiger partial charge is 0.255 e. The van der Waals surface area contributed by atoms with E-state index in [0.717, 1.165) is 24.1 Å². The van der Waals surface area contributed by atoms with Gasteiger partial charge in [-0.15, -0.1) is 0 Å². The van der Waals surface area contributed by atoms with Crippen molar-refractivity contribution < 1.29 is 19.1 Å². The average molecular weight is 544 g/mol. The summed E-state index contributed by atoms with van der Waals surface area (Å²) in [5.74, 6) is 0.579. The third-order valence-electron chi connectivity index (χ3n) is 7.77. The Labute approximate surface area is 235 Å². The fourth-order valence-corrected chi connectivity index (χ4v) is 5.45. The number of aromatic nitrogens is 1. The van der Waals surface area contributed by atoms with Crippen LogP contribution in [-0.2, 0) is 4.74 Å². The van der Waals surface area contributed by atoms with Gasteiger partial charge in [0.2, 0.25) is 5.91 Å². The molecule has 3 heterocycles. The van der Waals surface area contributed by atoms with E-state index in [1.165, 1.54) is 12.8 Å². The van der Waals surface area contributed by atoms with E-state index in [1.807, 2.05) is 37.3 Å². The van der Waals surface area contributed by atoms with Gasteiger partial charge in [0, 0.05) is 42.1 Å². The number of hydrogen-bond donors (Lipinski definition) is 2. The van der Waals surface area contributed by atoms with Gasteiger partial charge in [-0.25, -0.2) is 4.98 Å². The van der Waals surface area contributed by atoms with Crippen molar-refractivity contribution in [3.05, 3.63) is 71.4 Å². The summed E-state index contributed by atoms with van der Waals surface area (Å²) >= 11 is 0. The minimum absolute atomic E-state index is 0.240. The maximum atomic E-state index is 13.3. The highest BCUT2D eigenvalue weighted by Crippen LogP contribution is 2.35. The average Bonchev–Trinajstić information content (AvgIpc) is 3.38. The number of carbonyl (C=O) groups excluding carboxylic acids is 2. The Morgan fingerprint density at radius 1 is 1.12 bits per heavy atom. The highest BCUT2D eigenvalue weighted by Gasteiger charge is 2.23. The van der Waals surface area contributed by atoms with E-state index in [1.54, 1.807) is 24.4 Å². The zero-order chi connectivity index (χ0) is 28.1. The van der Waals surface area contributed by atoms with Gasteiger partial charge in [-0.1, -0.05) is 18.2 Å². The molecule has 0 bridgehead atoms. The fraction of sp³-hybridized carbons (Fsp3) is 0.387. The number of primary amides is 1. The number of nitrogens with two attached hydrogens (primary N) is 1. The van der Waals surface area contributed by atoms with Gasteiger partial charge in [-0.05, 0) is 81.2 Å². The summed E-state index contributed by atoms with van der Waals surface area (Å²) in [6.07, 6.45) is 5.00. The molecule has 2 amide bonds. The van der Waals surface area contributed by atoms with Gasteiger partial charge < -0.3 is 30.3 Å². The minimum Gasteiger partial charge on any atom is -0.494 e. The molecule has 5 rings (SSSR count). The van der Waals surface area contributed by atoms with Crippen molar-refractivity contribution in [3.8, 4) is 16.9 Å². The number of aryl methyl sites for hydroxylation is 1. The van der Waals surface area contributed by atoms with E-state index in [4.69, 9.17) is 15.2 Å². The molecule has 9 heteroatoms. The van der Waals surface area contributed by atoms with Crippen molar-refractivity contribution in [1.82, 2.24) is 9.88 Å². The van der Waals surface area contributed by atoms with Crippen LogP contribution in [0.1, 0.15) is 45.5 Å². The van der Waals surface area contributed by atoms with E-state index < -0.39 is 5.91 Å². The number of amides is 2. The summed E-state index contributed by atoms with van der Waals surface area (Å²) in [6, 6.07) is 15.2. The molecule has 1 unspecified atom stereocenters. The van der Waals surface area contributed by atoms with Crippen molar-refractivity contribution in [3.63, 3.8) is 0 Å². The van der Waals surface area contributed by atoms with Gasteiger partial charge in [0.25, 0.3) is 5.91 Å². The number of likely N-dealkylation sites (tertiary alicyclic amines) is 1. The van der Waals surface area contributed by atoms with Crippen molar-refractivity contribution in [2.24, 2.45) is 5.73 Å². The van der Waals surface area contributed by atoms with E-state index in [-0.39, 0.29) is 5.91 Å². The molecule has 3 aromatic rings. The first kappa shape index (κ1) is 27.6. The highest BCUT2D eigenvalue weighted by molar-refractivity contribution is 6.06. The van der Waals surface area contributed by atoms with Crippen LogP contribution in [0.25, 0.3) is 11.1 Å². The number of nitrogens with one attached hydrogen (secondary N) is 1. The molecule has 2 aliphatic rings. The van der Waals surface area contributed by atoms with Crippen LogP contribution in [0, 0.1) is 6.92 Å². The fourth-order valence-electron chi connectivity index (χ4n) is 5.45. The Kier molecular flexibility index (Phi) is 8.62. The number of hydrogen-bond acceptors (Lipinski definition) is 7. The van der Waals surface area contributed by atoms with Crippen LogP contribution in [0.3, 0.4) is 0 Å². The second-order valence-electron chi connectivity index (χ2n) is 10.4. The molecular weight excluding hydrogens is 506 g/mol. The molecule has 2 fully saturated rings. The van der Waals surface area contributed by atoms with Gasteiger partial charge in [0.05, 0.1) is 25.4 Å². The van der Waals surface area contributed by atoms with Gasteiger partial charge >= 0.3 is 0 Å². The van der Waals surface area contributed by atoms with E-state index >= 15 is 0 Å². The quantitative estimate of drug-likeness (QED) is 0.418. The lowest BCUT2D eigenvalue weighted by atomic mass is 9.97. The lowest BCUT2D eigenvalue weighted by Crippen LogP contribution is -2.37. The Hall–Kier alpha value is -3.95. The van der Waals surface area contributed by atoms with Crippen molar-refractivity contribution >= 4 is 23.3 Å². The molecule has 2 aromatic carbocycles. The summed E-state index contributed by atoms with van der Waals surface area (Å²) in [6.45, 7) is 6.16. The number of carbonyl (C=O) groups is 2. The number of anilines is 2. The molecule has 2 saturated heterocycles. The van der Waals surface area contributed by atoms with Crippen molar-refractivity contribution in [1.29, 1.82) is 0 Å². The lowest BCUT2D eigenvalue weighted by molar-refractivity contribution is 0.0998. The molecule has 0 saturated carbocycles. The Morgan fingerprint density at radius 2 is 1.95 bits per heavy atom. The van der Waals surface area contributed by atoms with Crippen LogP contribution in [0.5, 0.6) is 5.75 Å². The SMILES string of the molecule is Cc1ccc(-c2c(C(N)=O)ccnc2N2CCOCC2)cc1NC(=O)c1cccc(OCCC2CCCN2C)c1. The molecular formula is C31H37N5O4. The summed E-state index contributed by atoms with van der Waals surface area (Å²) in [4.78, 5) is 34.8. The normalized spacial score (nSPS) is 17.6. The van der Waals surface area contributed by atoms with Crippen LogP contribution in [0.15, 0.2) is 54.7 Å². The monoisotopic (exact) mass is 543 g/mol. The lowest BCUT2D eigenvalue weighted by Gasteiger charge is -2.30. The summed E-state index contributed by atoms with van der Waals surface area (Å²) in [7, 11) is 2.16. The van der Waals surface area contributed by atoms with Crippen molar-refractivity contribution in [2.45, 2.75) is 32.2 Å². The standard InChI is InChI=1S/C31H37N5O4/c1-21-8-9-22(28-26(29(32)37)10-12-33-30(28)36-14-17-39-18-15-36)20-27(21)34-31(38)23-5-3-7-25(19-23)40-16-11-24-6-4-13-35(24)2/h3,5,7-10,12,19-20,24H,4,6,11,13-18H2,1-2H3,(H2,32,37)(H,34,38). The first-order chi connectivity index (χ1) is 19.4. The minimum atomic E-state index is -0.533. The maximum Gasteiger partial charge on any atom is 0.255 e. The first-order valence-corrected chi connectivity index (χ1v) is 13.9. The zero-order valence-electron chi connectivity index (χ0n) is 23.2. The number of morpholine rings is 1. The number of pyridine rings is 1. The third kappa shape index (κ3) is 6.26.